The number of halogens is 1. The summed E-state index contributed by atoms with van der Waals surface area (Å²) >= 11 is 6.03. The number of ether oxygens (including phenoxy) is 1. The second-order valence-electron chi connectivity index (χ2n) is 7.09. The number of hydrogen-bond donors (Lipinski definition) is 1. The lowest BCUT2D eigenvalue weighted by molar-refractivity contribution is 0.0340. The number of anilines is 1. The highest BCUT2D eigenvalue weighted by Gasteiger charge is 2.26. The van der Waals surface area contributed by atoms with Gasteiger partial charge in [0.25, 0.3) is 0 Å². The minimum absolute atomic E-state index is 0.283. The van der Waals surface area contributed by atoms with Gasteiger partial charge in [-0.25, -0.2) is 4.98 Å². The van der Waals surface area contributed by atoms with Gasteiger partial charge in [-0.3, -0.25) is 10.00 Å². The van der Waals surface area contributed by atoms with E-state index in [0.29, 0.717) is 10.9 Å². The van der Waals surface area contributed by atoms with Crippen LogP contribution in [0, 0.1) is 11.3 Å². The molecule has 0 aromatic carbocycles. The molecule has 1 atom stereocenters. The Labute approximate surface area is 163 Å². The van der Waals surface area contributed by atoms with Crippen LogP contribution in [0.4, 0.5) is 5.82 Å². The fraction of sp³-hybridized carbons (Fsp3) is 0.526. The second kappa shape index (κ2) is 8.26. The van der Waals surface area contributed by atoms with Crippen molar-refractivity contribution in [1.29, 1.82) is 5.26 Å². The fourth-order valence-corrected chi connectivity index (χ4v) is 4.06. The summed E-state index contributed by atoms with van der Waals surface area (Å²) in [5.41, 5.74) is 2.78. The largest absolute Gasteiger partial charge is 0.379 e. The van der Waals surface area contributed by atoms with Crippen LogP contribution in [0.5, 0.6) is 0 Å². The quantitative estimate of drug-likeness (QED) is 0.869. The van der Waals surface area contributed by atoms with Crippen LogP contribution in [-0.2, 0) is 11.3 Å². The molecule has 2 aromatic rings. The van der Waals surface area contributed by atoms with E-state index in [2.05, 4.69) is 31.1 Å². The molecule has 4 heterocycles. The molecule has 0 radical (unpaired) electrons. The zero-order chi connectivity index (χ0) is 18.6. The van der Waals surface area contributed by atoms with Gasteiger partial charge in [0, 0.05) is 49.9 Å². The number of rotatable bonds is 4. The predicted molar refractivity (Wildman–Crippen MR) is 103 cm³/mol. The molecule has 0 unspecified atom stereocenters. The Morgan fingerprint density at radius 1 is 1.30 bits per heavy atom. The number of morpholine rings is 1. The summed E-state index contributed by atoms with van der Waals surface area (Å²) in [5.74, 6) is 1.19. The summed E-state index contributed by atoms with van der Waals surface area (Å²) in [6, 6.07) is 5.72. The van der Waals surface area contributed by atoms with E-state index in [1.54, 1.807) is 6.07 Å². The number of aromatic amines is 1. The van der Waals surface area contributed by atoms with E-state index in [-0.39, 0.29) is 5.69 Å². The van der Waals surface area contributed by atoms with Crippen LogP contribution < -0.4 is 4.90 Å². The lowest BCUT2D eigenvalue weighted by Gasteiger charge is -2.34. The van der Waals surface area contributed by atoms with Gasteiger partial charge in [0.15, 0.2) is 5.69 Å². The number of pyridine rings is 1. The monoisotopic (exact) mass is 386 g/mol. The molecule has 0 spiro atoms. The SMILES string of the molecule is N#Cc1nc(N2CCC[C@@H](c3[nH]ncc3CN3CCOCC3)C2)ccc1Cl. The van der Waals surface area contributed by atoms with Crippen molar-refractivity contribution >= 4 is 17.4 Å². The van der Waals surface area contributed by atoms with Crippen LogP contribution in [0.3, 0.4) is 0 Å². The van der Waals surface area contributed by atoms with Crippen LogP contribution >= 0.6 is 11.6 Å². The van der Waals surface area contributed by atoms with Gasteiger partial charge in [0.2, 0.25) is 0 Å². The van der Waals surface area contributed by atoms with E-state index in [1.807, 2.05) is 12.3 Å². The molecule has 7 nitrogen and oxygen atoms in total. The second-order valence-corrected chi connectivity index (χ2v) is 7.50. The summed E-state index contributed by atoms with van der Waals surface area (Å²) < 4.78 is 5.44. The van der Waals surface area contributed by atoms with E-state index in [1.165, 1.54) is 11.3 Å². The van der Waals surface area contributed by atoms with Crippen molar-refractivity contribution in [2.75, 3.05) is 44.3 Å². The number of nitriles is 1. The highest BCUT2D eigenvalue weighted by atomic mass is 35.5. The van der Waals surface area contributed by atoms with Gasteiger partial charge in [0.1, 0.15) is 11.9 Å². The first-order chi connectivity index (χ1) is 13.2. The Bertz CT molecular complexity index is 826. The van der Waals surface area contributed by atoms with Gasteiger partial charge in [-0.05, 0) is 25.0 Å². The molecule has 0 bridgehead atoms. The van der Waals surface area contributed by atoms with Gasteiger partial charge in [-0.15, -0.1) is 0 Å². The summed E-state index contributed by atoms with van der Waals surface area (Å²) in [6.45, 7) is 6.23. The van der Waals surface area contributed by atoms with Crippen molar-refractivity contribution in [3.05, 3.63) is 40.3 Å². The molecule has 2 aliphatic heterocycles. The van der Waals surface area contributed by atoms with Crippen molar-refractivity contribution in [2.45, 2.75) is 25.3 Å². The number of piperidine rings is 1. The Kier molecular flexibility index (Phi) is 5.58. The fourth-order valence-electron chi connectivity index (χ4n) is 3.91. The highest BCUT2D eigenvalue weighted by molar-refractivity contribution is 6.31. The van der Waals surface area contributed by atoms with Gasteiger partial charge in [-0.2, -0.15) is 10.4 Å². The number of H-pyrrole nitrogens is 1. The molecule has 2 fully saturated rings. The molecular weight excluding hydrogens is 364 g/mol. The summed E-state index contributed by atoms with van der Waals surface area (Å²) in [7, 11) is 0. The maximum atomic E-state index is 9.19. The Morgan fingerprint density at radius 2 is 2.15 bits per heavy atom. The Balaban J connectivity index is 1.49. The predicted octanol–water partition coefficient (Wildman–Crippen LogP) is 2.55. The van der Waals surface area contributed by atoms with Crippen LogP contribution in [0.15, 0.2) is 18.3 Å². The first-order valence-electron chi connectivity index (χ1n) is 9.38. The van der Waals surface area contributed by atoms with Crippen molar-refractivity contribution in [3.63, 3.8) is 0 Å². The number of aromatic nitrogens is 3. The molecular formula is C19H23ClN6O. The van der Waals surface area contributed by atoms with E-state index in [9.17, 15) is 5.26 Å². The van der Waals surface area contributed by atoms with Gasteiger partial charge in [-0.1, -0.05) is 11.6 Å². The molecule has 2 aromatic heterocycles. The van der Waals surface area contributed by atoms with E-state index in [0.717, 1.165) is 64.6 Å². The molecule has 1 N–H and O–H groups in total. The van der Waals surface area contributed by atoms with Crippen LogP contribution in [0.25, 0.3) is 0 Å². The number of nitrogens with zero attached hydrogens (tertiary/aromatic N) is 5. The van der Waals surface area contributed by atoms with Gasteiger partial charge < -0.3 is 9.64 Å². The number of hydrogen-bond acceptors (Lipinski definition) is 6. The first-order valence-corrected chi connectivity index (χ1v) is 9.76. The highest BCUT2D eigenvalue weighted by Crippen LogP contribution is 2.31. The molecule has 0 saturated carbocycles. The third kappa shape index (κ3) is 4.08. The lowest BCUT2D eigenvalue weighted by atomic mass is 9.92. The molecule has 142 valence electrons. The molecule has 0 aliphatic carbocycles. The third-order valence-corrected chi connectivity index (χ3v) is 5.64. The summed E-state index contributed by atoms with van der Waals surface area (Å²) in [4.78, 5) is 9.09. The number of nitrogens with one attached hydrogen (secondary N) is 1. The summed E-state index contributed by atoms with van der Waals surface area (Å²) in [6.07, 6.45) is 4.15. The standard InChI is InChI=1S/C19H23ClN6O/c20-16-3-4-18(23-17(16)10-21)26-5-1-2-14(13-26)19-15(11-22-24-19)12-25-6-8-27-9-7-25/h3-4,11,14H,1-2,5-9,12-13H2,(H,22,24)/t14-/m1/s1. The molecule has 2 aliphatic rings. The minimum atomic E-state index is 0.283. The normalized spacial score (nSPS) is 21.2. The van der Waals surface area contributed by atoms with E-state index < -0.39 is 0 Å². The zero-order valence-corrected chi connectivity index (χ0v) is 16.0. The lowest BCUT2D eigenvalue weighted by Crippen LogP contribution is -2.37. The Morgan fingerprint density at radius 3 is 2.96 bits per heavy atom. The van der Waals surface area contributed by atoms with Gasteiger partial charge in [0.05, 0.1) is 24.4 Å². The molecule has 0 amide bonds. The zero-order valence-electron chi connectivity index (χ0n) is 15.2. The first kappa shape index (κ1) is 18.2. The molecule has 4 rings (SSSR count). The Hall–Kier alpha value is -2.14. The molecule has 2 saturated heterocycles. The molecule has 8 heteroatoms. The maximum absolute atomic E-state index is 9.19. The van der Waals surface area contributed by atoms with E-state index >= 15 is 0 Å². The van der Waals surface area contributed by atoms with Crippen molar-refractivity contribution < 1.29 is 4.74 Å². The topological polar surface area (TPSA) is 81.1 Å². The molecule has 27 heavy (non-hydrogen) atoms. The summed E-state index contributed by atoms with van der Waals surface area (Å²) in [5, 5.41) is 17.2. The smallest absolute Gasteiger partial charge is 0.161 e. The van der Waals surface area contributed by atoms with Crippen LogP contribution in [0.1, 0.15) is 35.7 Å². The van der Waals surface area contributed by atoms with Gasteiger partial charge >= 0.3 is 0 Å². The van der Waals surface area contributed by atoms with E-state index in [4.69, 9.17) is 16.3 Å². The van der Waals surface area contributed by atoms with Crippen molar-refractivity contribution in [2.24, 2.45) is 0 Å². The van der Waals surface area contributed by atoms with Crippen LogP contribution in [0.2, 0.25) is 5.02 Å². The van der Waals surface area contributed by atoms with Crippen molar-refractivity contribution in [1.82, 2.24) is 20.1 Å². The van der Waals surface area contributed by atoms with Crippen LogP contribution in [-0.4, -0.2) is 59.5 Å². The third-order valence-electron chi connectivity index (χ3n) is 5.34. The average molecular weight is 387 g/mol. The average Bonchev–Trinajstić information content (AvgIpc) is 3.17. The minimum Gasteiger partial charge on any atom is -0.379 e. The maximum Gasteiger partial charge on any atom is 0.161 e. The van der Waals surface area contributed by atoms with Crippen molar-refractivity contribution in [3.8, 4) is 6.07 Å².